The molecule has 4 nitrogen and oxygen atoms in total. The van der Waals surface area contributed by atoms with Gasteiger partial charge in [-0.25, -0.2) is 0 Å². The third-order valence-electron chi connectivity index (χ3n) is 1.75. The summed E-state index contributed by atoms with van der Waals surface area (Å²) in [5, 5.41) is 27.0. The molecule has 3 N–H and O–H groups in total. The Bertz CT molecular complexity index is 102. The van der Waals surface area contributed by atoms with Gasteiger partial charge in [-0.15, -0.1) is 0 Å². The molecule has 0 aromatic rings. The fourth-order valence-corrected chi connectivity index (χ4v) is 0.953. The molecule has 1 rings (SSSR count). The summed E-state index contributed by atoms with van der Waals surface area (Å²) in [5.74, 6) is 0. The molecule has 10 heavy (non-hydrogen) atoms. The first-order chi connectivity index (χ1) is 4.63. The van der Waals surface area contributed by atoms with E-state index in [-0.39, 0.29) is 6.61 Å². The number of rotatable bonds is 0. The first-order valence-electron chi connectivity index (χ1n) is 3.28. The van der Waals surface area contributed by atoms with Gasteiger partial charge in [-0.2, -0.15) is 0 Å². The van der Waals surface area contributed by atoms with E-state index in [9.17, 15) is 0 Å². The number of aliphatic hydroxyl groups is 3. The Hall–Kier alpha value is -0.160. The SMILES string of the molecule is C[C@H]1OC[C@H](O)C(O)[C@H]1O. The zero-order valence-corrected chi connectivity index (χ0v) is 5.77. The van der Waals surface area contributed by atoms with E-state index in [1.54, 1.807) is 6.92 Å². The van der Waals surface area contributed by atoms with E-state index >= 15 is 0 Å². The smallest absolute Gasteiger partial charge is 0.110 e. The van der Waals surface area contributed by atoms with Crippen LogP contribution in [0.4, 0.5) is 0 Å². The summed E-state index contributed by atoms with van der Waals surface area (Å²) in [4.78, 5) is 0. The highest BCUT2D eigenvalue weighted by atomic mass is 16.5. The minimum atomic E-state index is -1.07. The molecule has 4 atom stereocenters. The van der Waals surface area contributed by atoms with Crippen molar-refractivity contribution >= 4 is 0 Å². The molecule has 4 heteroatoms. The highest BCUT2D eigenvalue weighted by Crippen LogP contribution is 2.14. The van der Waals surface area contributed by atoms with Crippen molar-refractivity contribution in [3.8, 4) is 0 Å². The Morgan fingerprint density at radius 3 is 2.30 bits per heavy atom. The van der Waals surface area contributed by atoms with Crippen LogP contribution in [0.1, 0.15) is 6.92 Å². The molecular formula is C6H12O4. The molecule has 0 saturated carbocycles. The Balaban J connectivity index is 2.52. The lowest BCUT2D eigenvalue weighted by Crippen LogP contribution is -2.51. The zero-order chi connectivity index (χ0) is 7.72. The minimum absolute atomic E-state index is 0.0966. The van der Waals surface area contributed by atoms with Crippen molar-refractivity contribution in [1.29, 1.82) is 0 Å². The molecule has 1 aliphatic rings. The second-order valence-electron chi connectivity index (χ2n) is 2.59. The largest absolute Gasteiger partial charge is 0.388 e. The molecule has 1 unspecified atom stereocenters. The maximum atomic E-state index is 9.08. The lowest BCUT2D eigenvalue weighted by atomic mass is 10.0. The lowest BCUT2D eigenvalue weighted by molar-refractivity contribution is -0.181. The molecule has 0 amide bonds. The fraction of sp³-hybridized carbons (Fsp3) is 1.00. The van der Waals surface area contributed by atoms with Crippen molar-refractivity contribution in [2.45, 2.75) is 31.3 Å². The normalized spacial score (nSPS) is 49.2. The average Bonchev–Trinajstić information content (AvgIpc) is 1.93. The van der Waals surface area contributed by atoms with Crippen LogP contribution in [0.25, 0.3) is 0 Å². The van der Waals surface area contributed by atoms with E-state index in [1.807, 2.05) is 0 Å². The van der Waals surface area contributed by atoms with Crippen molar-refractivity contribution < 1.29 is 20.1 Å². The first kappa shape index (κ1) is 7.94. The van der Waals surface area contributed by atoms with Crippen LogP contribution in [0.2, 0.25) is 0 Å². The average molecular weight is 148 g/mol. The van der Waals surface area contributed by atoms with Gasteiger partial charge in [0.2, 0.25) is 0 Å². The molecule has 1 heterocycles. The van der Waals surface area contributed by atoms with E-state index in [1.165, 1.54) is 0 Å². The van der Waals surface area contributed by atoms with E-state index in [4.69, 9.17) is 20.1 Å². The van der Waals surface area contributed by atoms with Crippen LogP contribution in [0, 0.1) is 0 Å². The molecule has 0 aromatic carbocycles. The topological polar surface area (TPSA) is 69.9 Å². The highest BCUT2D eigenvalue weighted by Gasteiger charge is 2.34. The Kier molecular flexibility index (Phi) is 2.25. The van der Waals surface area contributed by atoms with Crippen LogP contribution in [-0.2, 0) is 4.74 Å². The van der Waals surface area contributed by atoms with Crippen LogP contribution < -0.4 is 0 Å². The van der Waals surface area contributed by atoms with Crippen LogP contribution in [0.3, 0.4) is 0 Å². The van der Waals surface area contributed by atoms with Crippen LogP contribution >= 0.6 is 0 Å². The summed E-state index contributed by atoms with van der Waals surface area (Å²) in [6.45, 7) is 1.75. The summed E-state index contributed by atoms with van der Waals surface area (Å²) in [6, 6.07) is 0. The van der Waals surface area contributed by atoms with Gasteiger partial charge in [0.25, 0.3) is 0 Å². The van der Waals surface area contributed by atoms with Crippen molar-refractivity contribution in [1.82, 2.24) is 0 Å². The van der Waals surface area contributed by atoms with Gasteiger partial charge in [0.1, 0.15) is 18.3 Å². The van der Waals surface area contributed by atoms with Gasteiger partial charge in [0.05, 0.1) is 12.7 Å². The molecule has 1 saturated heterocycles. The number of aliphatic hydroxyl groups excluding tert-OH is 3. The second-order valence-corrected chi connectivity index (χ2v) is 2.59. The standard InChI is InChI=1S/C6H12O4/c1-3-5(8)6(9)4(7)2-10-3/h3-9H,2H2,1H3/t3-,4+,5+,6?/m1/s1. The quantitative estimate of drug-likeness (QED) is 0.390. The summed E-state index contributed by atoms with van der Waals surface area (Å²) in [6.07, 6.45) is -3.38. The van der Waals surface area contributed by atoms with Crippen molar-refractivity contribution in [3.05, 3.63) is 0 Å². The number of hydrogen-bond acceptors (Lipinski definition) is 4. The fourth-order valence-electron chi connectivity index (χ4n) is 0.953. The molecule has 0 aromatic heterocycles. The monoisotopic (exact) mass is 148 g/mol. The zero-order valence-electron chi connectivity index (χ0n) is 5.77. The maximum Gasteiger partial charge on any atom is 0.110 e. The predicted octanol–water partition coefficient (Wildman–Crippen LogP) is -1.51. The Morgan fingerprint density at radius 1 is 1.20 bits per heavy atom. The predicted molar refractivity (Wildman–Crippen MR) is 33.4 cm³/mol. The van der Waals surface area contributed by atoms with E-state index in [0.29, 0.717) is 0 Å². The summed E-state index contributed by atoms with van der Waals surface area (Å²) in [7, 11) is 0. The lowest BCUT2D eigenvalue weighted by Gasteiger charge is -2.33. The Morgan fingerprint density at radius 2 is 1.80 bits per heavy atom. The molecule has 1 aliphatic heterocycles. The van der Waals surface area contributed by atoms with Gasteiger partial charge in [-0.1, -0.05) is 0 Å². The van der Waals surface area contributed by atoms with Gasteiger partial charge in [0.15, 0.2) is 0 Å². The van der Waals surface area contributed by atoms with Gasteiger partial charge in [0, 0.05) is 0 Å². The van der Waals surface area contributed by atoms with Gasteiger partial charge >= 0.3 is 0 Å². The second kappa shape index (κ2) is 2.84. The van der Waals surface area contributed by atoms with Gasteiger partial charge < -0.3 is 20.1 Å². The molecule has 1 fully saturated rings. The third kappa shape index (κ3) is 1.29. The van der Waals surface area contributed by atoms with Crippen molar-refractivity contribution in [2.24, 2.45) is 0 Å². The first-order valence-corrected chi connectivity index (χ1v) is 3.28. The summed E-state index contributed by atoms with van der Waals surface area (Å²) >= 11 is 0. The minimum Gasteiger partial charge on any atom is -0.388 e. The molecule has 0 aliphatic carbocycles. The third-order valence-corrected chi connectivity index (χ3v) is 1.75. The van der Waals surface area contributed by atoms with Gasteiger partial charge in [-0.05, 0) is 6.92 Å². The maximum absolute atomic E-state index is 9.08. The Labute approximate surface area is 59.1 Å². The summed E-state index contributed by atoms with van der Waals surface area (Å²) in [5.41, 5.74) is 0. The van der Waals surface area contributed by atoms with E-state index < -0.39 is 24.4 Å². The molecule has 60 valence electrons. The van der Waals surface area contributed by atoms with Crippen LogP contribution in [0.15, 0.2) is 0 Å². The van der Waals surface area contributed by atoms with Gasteiger partial charge in [-0.3, -0.25) is 0 Å². The highest BCUT2D eigenvalue weighted by molar-refractivity contribution is 4.83. The van der Waals surface area contributed by atoms with Crippen molar-refractivity contribution in [3.63, 3.8) is 0 Å². The molecule has 0 bridgehead atoms. The van der Waals surface area contributed by atoms with Crippen LogP contribution in [-0.4, -0.2) is 46.3 Å². The molecule has 0 spiro atoms. The van der Waals surface area contributed by atoms with Crippen molar-refractivity contribution in [2.75, 3.05) is 6.61 Å². The van der Waals surface area contributed by atoms with Crippen LogP contribution in [0.5, 0.6) is 0 Å². The van der Waals surface area contributed by atoms with E-state index in [0.717, 1.165) is 0 Å². The molecule has 0 radical (unpaired) electrons. The molecular weight excluding hydrogens is 136 g/mol. The number of ether oxygens (including phenoxy) is 1. The van der Waals surface area contributed by atoms with E-state index in [2.05, 4.69) is 0 Å². The summed E-state index contributed by atoms with van der Waals surface area (Å²) < 4.78 is 4.91. The number of hydrogen-bond donors (Lipinski definition) is 3.